The third-order valence-electron chi connectivity index (χ3n) is 7.45. The minimum absolute atomic E-state index is 0.122. The summed E-state index contributed by atoms with van der Waals surface area (Å²) < 4.78 is 20.5. The molecule has 3 rings (SSSR count). The van der Waals surface area contributed by atoms with Crippen LogP contribution in [0.2, 0.25) is 38.3 Å². The molecular formula is C24H42O3Si2. The molecule has 0 bridgehead atoms. The number of rotatable bonds is 10. The lowest BCUT2D eigenvalue weighted by Crippen LogP contribution is -2.59. The first-order valence-electron chi connectivity index (χ1n) is 11.5. The van der Waals surface area contributed by atoms with Crippen molar-refractivity contribution in [3.8, 4) is 0 Å². The van der Waals surface area contributed by atoms with Crippen molar-refractivity contribution in [2.45, 2.75) is 94.1 Å². The summed E-state index contributed by atoms with van der Waals surface area (Å²) >= 11 is 0. The van der Waals surface area contributed by atoms with Crippen molar-refractivity contribution in [3.63, 3.8) is 0 Å². The Bertz CT molecular complexity index is 632. The second-order valence-corrected chi connectivity index (χ2v) is 19.0. The molecule has 0 aromatic heterocycles. The van der Waals surface area contributed by atoms with Gasteiger partial charge in [-0.2, -0.15) is 0 Å². The van der Waals surface area contributed by atoms with Crippen molar-refractivity contribution in [2.24, 2.45) is 11.8 Å². The zero-order chi connectivity index (χ0) is 21.3. The molecule has 0 unspecified atom stereocenters. The summed E-state index contributed by atoms with van der Waals surface area (Å²) in [7, 11) is -3.52. The predicted molar refractivity (Wildman–Crippen MR) is 127 cm³/mol. The molecule has 1 heterocycles. The first-order valence-corrected chi connectivity index (χ1v) is 17.7. The molecule has 2 aliphatic carbocycles. The topological polar surface area (TPSA) is 27.7 Å². The molecule has 0 radical (unpaired) electrons. The SMILES string of the molecule is C=CC[C@@H]1C[C@@]2(O[Si](C)(C)CC=C)CCO[C@@]23CC[C@H](O[Si](C)(C)CC=C)C[C@@H]13. The Morgan fingerprint density at radius 2 is 1.69 bits per heavy atom. The van der Waals surface area contributed by atoms with Gasteiger partial charge in [-0.15, -0.1) is 19.7 Å². The van der Waals surface area contributed by atoms with Crippen LogP contribution < -0.4 is 0 Å². The molecule has 1 spiro atoms. The molecule has 5 atom stereocenters. The molecule has 1 aliphatic heterocycles. The van der Waals surface area contributed by atoms with Crippen LogP contribution in [0.15, 0.2) is 38.0 Å². The van der Waals surface area contributed by atoms with Crippen molar-refractivity contribution in [1.29, 1.82) is 0 Å². The highest BCUT2D eigenvalue weighted by atomic mass is 28.4. The minimum atomic E-state index is -1.82. The molecule has 0 aromatic rings. The van der Waals surface area contributed by atoms with E-state index in [0.29, 0.717) is 17.9 Å². The summed E-state index contributed by atoms with van der Waals surface area (Å²) in [6, 6.07) is 2.01. The lowest BCUT2D eigenvalue weighted by Gasteiger charge is -2.50. The third-order valence-corrected chi connectivity index (χ3v) is 11.9. The lowest BCUT2D eigenvalue weighted by atomic mass is 9.69. The van der Waals surface area contributed by atoms with Gasteiger partial charge in [-0.25, -0.2) is 0 Å². The Morgan fingerprint density at radius 3 is 2.34 bits per heavy atom. The first kappa shape index (κ1) is 23.2. The maximum atomic E-state index is 7.13. The fraction of sp³-hybridized carbons (Fsp3) is 0.750. The highest BCUT2D eigenvalue weighted by molar-refractivity contribution is 6.72. The minimum Gasteiger partial charge on any atom is -0.414 e. The van der Waals surface area contributed by atoms with Gasteiger partial charge in [0.2, 0.25) is 0 Å². The Hall–Kier alpha value is -0.466. The van der Waals surface area contributed by atoms with Gasteiger partial charge in [-0.1, -0.05) is 18.2 Å². The zero-order valence-electron chi connectivity index (χ0n) is 19.2. The molecule has 0 amide bonds. The molecule has 3 nitrogen and oxygen atoms in total. The van der Waals surface area contributed by atoms with Crippen molar-refractivity contribution >= 4 is 16.6 Å². The van der Waals surface area contributed by atoms with Crippen molar-refractivity contribution in [3.05, 3.63) is 38.0 Å². The fourth-order valence-electron chi connectivity index (χ4n) is 6.56. The molecule has 3 aliphatic rings. The maximum absolute atomic E-state index is 7.13. The number of hydrogen-bond donors (Lipinski definition) is 0. The second kappa shape index (κ2) is 8.58. The molecule has 164 valence electrons. The molecule has 5 heteroatoms. The Morgan fingerprint density at radius 1 is 1.00 bits per heavy atom. The van der Waals surface area contributed by atoms with Crippen LogP contribution in [-0.2, 0) is 13.6 Å². The van der Waals surface area contributed by atoms with Gasteiger partial charge < -0.3 is 13.6 Å². The van der Waals surface area contributed by atoms with Crippen LogP contribution in [0.1, 0.15) is 38.5 Å². The molecule has 29 heavy (non-hydrogen) atoms. The average Bonchev–Trinajstić information content (AvgIpc) is 3.04. The smallest absolute Gasteiger partial charge is 0.191 e. The Balaban J connectivity index is 1.86. The van der Waals surface area contributed by atoms with E-state index in [2.05, 4.69) is 52.0 Å². The average molecular weight is 435 g/mol. The summed E-state index contributed by atoms with van der Waals surface area (Å²) in [4.78, 5) is 0. The Kier molecular flexibility index (Phi) is 6.86. The van der Waals surface area contributed by atoms with Gasteiger partial charge in [0.15, 0.2) is 16.6 Å². The monoisotopic (exact) mass is 434 g/mol. The Labute approximate surface area is 180 Å². The highest BCUT2D eigenvalue weighted by Gasteiger charge is 2.69. The molecule has 2 saturated carbocycles. The third kappa shape index (κ3) is 4.45. The van der Waals surface area contributed by atoms with E-state index >= 15 is 0 Å². The van der Waals surface area contributed by atoms with Crippen molar-refractivity contribution in [2.75, 3.05) is 6.61 Å². The molecule has 1 saturated heterocycles. The maximum Gasteiger partial charge on any atom is 0.191 e. The molecular weight excluding hydrogens is 392 g/mol. The lowest BCUT2D eigenvalue weighted by molar-refractivity contribution is -0.146. The van der Waals surface area contributed by atoms with Gasteiger partial charge in [0.05, 0.1) is 17.8 Å². The van der Waals surface area contributed by atoms with Gasteiger partial charge in [0.25, 0.3) is 0 Å². The highest BCUT2D eigenvalue weighted by Crippen LogP contribution is 2.63. The first-order chi connectivity index (χ1) is 13.6. The standard InChI is InChI=1S/C24H42O3Si2/c1-8-11-20-19-23(27-29(6,7)17-10-3)14-15-25-24(23)13-12-21(18-22(20)24)26-28(4,5)16-9-2/h8-10,20-22H,1-3,11-19H2,4-7H3/t20-,21+,22+,23+,24-/m1/s1. The summed E-state index contributed by atoms with van der Waals surface area (Å²) in [5, 5.41) is 0. The van der Waals surface area contributed by atoms with Gasteiger partial charge in [0.1, 0.15) is 0 Å². The summed E-state index contributed by atoms with van der Waals surface area (Å²) in [5.41, 5.74) is -0.251. The van der Waals surface area contributed by atoms with E-state index in [1.165, 1.54) is 0 Å². The number of ether oxygens (including phenoxy) is 1. The van der Waals surface area contributed by atoms with Gasteiger partial charge in [-0.3, -0.25) is 0 Å². The predicted octanol–water partition coefficient (Wildman–Crippen LogP) is 6.46. The van der Waals surface area contributed by atoms with Crippen LogP contribution in [-0.4, -0.2) is 40.5 Å². The van der Waals surface area contributed by atoms with E-state index in [9.17, 15) is 0 Å². The van der Waals surface area contributed by atoms with E-state index in [4.69, 9.17) is 13.6 Å². The number of allylic oxidation sites excluding steroid dienone is 3. The summed E-state index contributed by atoms with van der Waals surface area (Å²) in [6.45, 7) is 22.1. The quantitative estimate of drug-likeness (QED) is 0.291. The summed E-state index contributed by atoms with van der Waals surface area (Å²) in [5.74, 6) is 1.08. The van der Waals surface area contributed by atoms with E-state index in [1.807, 2.05) is 12.2 Å². The van der Waals surface area contributed by atoms with E-state index in [1.54, 1.807) is 0 Å². The fourth-order valence-corrected chi connectivity index (χ4v) is 10.7. The summed E-state index contributed by atoms with van der Waals surface area (Å²) in [6.07, 6.45) is 12.9. The van der Waals surface area contributed by atoms with Crippen molar-refractivity contribution in [1.82, 2.24) is 0 Å². The second-order valence-electron chi connectivity index (χ2n) is 10.7. The van der Waals surface area contributed by atoms with Crippen LogP contribution >= 0.6 is 0 Å². The molecule has 0 aromatic carbocycles. The van der Waals surface area contributed by atoms with E-state index in [-0.39, 0.29) is 11.2 Å². The molecule has 3 fully saturated rings. The zero-order valence-corrected chi connectivity index (χ0v) is 21.2. The molecule has 0 N–H and O–H groups in total. The van der Waals surface area contributed by atoms with Crippen LogP contribution in [0, 0.1) is 11.8 Å². The van der Waals surface area contributed by atoms with Crippen LogP contribution in [0.5, 0.6) is 0 Å². The van der Waals surface area contributed by atoms with E-state index < -0.39 is 16.6 Å². The van der Waals surface area contributed by atoms with E-state index in [0.717, 1.165) is 57.2 Å². The van der Waals surface area contributed by atoms with Crippen molar-refractivity contribution < 1.29 is 13.6 Å². The van der Waals surface area contributed by atoms with Gasteiger partial charge in [0, 0.05) is 12.5 Å². The van der Waals surface area contributed by atoms with Crippen LogP contribution in [0.25, 0.3) is 0 Å². The van der Waals surface area contributed by atoms with Crippen LogP contribution in [0.4, 0.5) is 0 Å². The van der Waals surface area contributed by atoms with Gasteiger partial charge >= 0.3 is 0 Å². The number of hydrogen-bond acceptors (Lipinski definition) is 3. The normalized spacial score (nSPS) is 37.0. The van der Waals surface area contributed by atoms with Gasteiger partial charge in [-0.05, 0) is 82.2 Å². The largest absolute Gasteiger partial charge is 0.414 e. The van der Waals surface area contributed by atoms with Crippen LogP contribution in [0.3, 0.4) is 0 Å².